The third kappa shape index (κ3) is 4.01. The fourth-order valence-corrected chi connectivity index (χ4v) is 3.03. The van der Waals surface area contributed by atoms with Gasteiger partial charge in [-0.1, -0.05) is 30.3 Å². The van der Waals surface area contributed by atoms with E-state index in [9.17, 15) is 9.59 Å². The van der Waals surface area contributed by atoms with E-state index >= 15 is 0 Å². The number of rotatable bonds is 6. The summed E-state index contributed by atoms with van der Waals surface area (Å²) in [4.78, 5) is 26.7. The predicted molar refractivity (Wildman–Crippen MR) is 105 cm³/mol. The number of furan rings is 1. The zero-order valence-electron chi connectivity index (χ0n) is 16.4. The molecule has 1 aromatic heterocycles. The van der Waals surface area contributed by atoms with Gasteiger partial charge in [0.05, 0.1) is 7.11 Å². The quantitative estimate of drug-likeness (QED) is 0.605. The van der Waals surface area contributed by atoms with Gasteiger partial charge in [-0.2, -0.15) is 0 Å². The molecule has 0 aliphatic carbocycles. The van der Waals surface area contributed by atoms with Gasteiger partial charge in [0.25, 0.3) is 5.91 Å². The monoisotopic (exact) mass is 381 g/mol. The summed E-state index contributed by atoms with van der Waals surface area (Å²) in [6, 6.07) is 14.9. The summed E-state index contributed by atoms with van der Waals surface area (Å²) >= 11 is 0. The predicted octanol–water partition coefficient (Wildman–Crippen LogP) is 3.95. The molecule has 0 radical (unpaired) electrons. The van der Waals surface area contributed by atoms with Crippen molar-refractivity contribution in [2.24, 2.45) is 0 Å². The molecule has 6 nitrogen and oxygen atoms in total. The maximum Gasteiger partial charge on any atom is 0.375 e. The molecule has 0 bridgehead atoms. The number of carbonyl (C=O) groups excluding carboxylic acids is 2. The topological polar surface area (TPSA) is 69.0 Å². The lowest BCUT2D eigenvalue weighted by molar-refractivity contribution is -0.139. The number of aryl methyl sites for hydroxylation is 1. The highest BCUT2D eigenvalue weighted by Gasteiger charge is 2.26. The van der Waals surface area contributed by atoms with Crippen molar-refractivity contribution < 1.29 is 23.5 Å². The Morgan fingerprint density at radius 3 is 2.54 bits per heavy atom. The molecule has 0 N–H and O–H groups in total. The summed E-state index contributed by atoms with van der Waals surface area (Å²) < 4.78 is 16.2. The average Bonchev–Trinajstić information content (AvgIpc) is 3.04. The first-order valence-electron chi connectivity index (χ1n) is 8.97. The zero-order chi connectivity index (χ0) is 20.3. The van der Waals surface area contributed by atoms with Crippen LogP contribution >= 0.6 is 0 Å². The summed E-state index contributed by atoms with van der Waals surface area (Å²) in [5, 5.41) is 0.770. The second-order valence-electron chi connectivity index (χ2n) is 6.65. The van der Waals surface area contributed by atoms with E-state index < -0.39 is 12.1 Å². The van der Waals surface area contributed by atoms with Crippen molar-refractivity contribution in [3.63, 3.8) is 0 Å². The SMILES string of the molecule is COc1ccc2oc(C(=O)O[C@@H](C)C(=O)N(C)Cc3ccccc3)c(C)c2c1. The lowest BCUT2D eigenvalue weighted by atomic mass is 10.1. The Kier molecular flexibility index (Phi) is 5.68. The normalized spacial score (nSPS) is 11.9. The molecule has 0 unspecified atom stereocenters. The lowest BCUT2D eigenvalue weighted by Gasteiger charge is -2.21. The van der Waals surface area contributed by atoms with Crippen LogP contribution in [0.25, 0.3) is 11.0 Å². The van der Waals surface area contributed by atoms with E-state index in [0.29, 0.717) is 23.4 Å². The van der Waals surface area contributed by atoms with Gasteiger partial charge in [-0.15, -0.1) is 0 Å². The molecule has 2 aromatic carbocycles. The molecule has 3 rings (SSSR count). The van der Waals surface area contributed by atoms with Crippen molar-refractivity contribution >= 4 is 22.8 Å². The largest absolute Gasteiger partial charge is 0.497 e. The Morgan fingerprint density at radius 1 is 1.14 bits per heavy atom. The number of amides is 1. The molecule has 146 valence electrons. The van der Waals surface area contributed by atoms with Gasteiger partial charge in [-0.3, -0.25) is 4.79 Å². The van der Waals surface area contributed by atoms with E-state index in [1.807, 2.05) is 30.3 Å². The van der Waals surface area contributed by atoms with Gasteiger partial charge in [-0.25, -0.2) is 4.79 Å². The van der Waals surface area contributed by atoms with Gasteiger partial charge in [0.15, 0.2) is 6.10 Å². The molecule has 3 aromatic rings. The van der Waals surface area contributed by atoms with E-state index in [2.05, 4.69) is 0 Å². The second-order valence-corrected chi connectivity index (χ2v) is 6.65. The fourth-order valence-electron chi connectivity index (χ4n) is 3.03. The Balaban J connectivity index is 1.70. The van der Waals surface area contributed by atoms with E-state index in [-0.39, 0.29) is 11.7 Å². The molecule has 0 saturated carbocycles. The summed E-state index contributed by atoms with van der Waals surface area (Å²) in [7, 11) is 3.25. The van der Waals surface area contributed by atoms with Crippen molar-refractivity contribution in [1.29, 1.82) is 0 Å². The van der Waals surface area contributed by atoms with Gasteiger partial charge >= 0.3 is 5.97 Å². The number of benzene rings is 2. The minimum atomic E-state index is -0.927. The summed E-state index contributed by atoms with van der Waals surface area (Å²) in [6.07, 6.45) is -0.927. The molecule has 1 amide bonds. The molecule has 28 heavy (non-hydrogen) atoms. The average molecular weight is 381 g/mol. The van der Waals surface area contributed by atoms with Crippen LogP contribution in [0.1, 0.15) is 28.6 Å². The van der Waals surface area contributed by atoms with Crippen LogP contribution < -0.4 is 4.74 Å². The molecule has 1 heterocycles. The number of hydrogen-bond acceptors (Lipinski definition) is 5. The van der Waals surface area contributed by atoms with Crippen LogP contribution in [-0.4, -0.2) is 37.0 Å². The van der Waals surface area contributed by atoms with Crippen molar-refractivity contribution in [3.8, 4) is 5.75 Å². The summed E-state index contributed by atoms with van der Waals surface area (Å²) in [5.41, 5.74) is 2.21. The minimum absolute atomic E-state index is 0.0913. The van der Waals surface area contributed by atoms with Crippen molar-refractivity contribution in [1.82, 2.24) is 4.90 Å². The summed E-state index contributed by atoms with van der Waals surface area (Å²) in [5.74, 6) is -0.190. The molecule has 0 spiro atoms. The van der Waals surface area contributed by atoms with Crippen LogP contribution in [0.5, 0.6) is 5.75 Å². The van der Waals surface area contributed by atoms with E-state index in [4.69, 9.17) is 13.9 Å². The minimum Gasteiger partial charge on any atom is -0.497 e. The van der Waals surface area contributed by atoms with Crippen LogP contribution in [0.3, 0.4) is 0 Å². The number of methoxy groups -OCH3 is 1. The molecule has 0 aliphatic rings. The number of nitrogens with zero attached hydrogens (tertiary/aromatic N) is 1. The third-order valence-corrected chi connectivity index (χ3v) is 4.60. The molecule has 0 saturated heterocycles. The Hall–Kier alpha value is -3.28. The molecule has 0 aliphatic heterocycles. The van der Waals surface area contributed by atoms with Gasteiger partial charge in [0.2, 0.25) is 5.76 Å². The Labute approximate surface area is 163 Å². The maximum absolute atomic E-state index is 12.6. The molecule has 6 heteroatoms. The van der Waals surface area contributed by atoms with Crippen LogP contribution in [0.4, 0.5) is 0 Å². The lowest BCUT2D eigenvalue weighted by Crippen LogP contribution is -2.37. The number of likely N-dealkylation sites (N-methyl/N-ethyl adjacent to an activating group) is 1. The smallest absolute Gasteiger partial charge is 0.375 e. The van der Waals surface area contributed by atoms with Gasteiger partial charge < -0.3 is 18.8 Å². The second kappa shape index (κ2) is 8.17. The standard InChI is InChI=1S/C22H23NO5/c1-14-18-12-17(26-4)10-11-19(18)28-20(14)22(25)27-15(2)21(24)23(3)13-16-8-6-5-7-9-16/h5-12,15H,13H2,1-4H3/t15-/m0/s1. The number of carbonyl (C=O) groups is 2. The first kappa shape index (κ1) is 19.5. The highest BCUT2D eigenvalue weighted by Crippen LogP contribution is 2.29. The van der Waals surface area contributed by atoms with Crippen molar-refractivity contribution in [3.05, 3.63) is 65.4 Å². The number of ether oxygens (including phenoxy) is 2. The van der Waals surface area contributed by atoms with Crippen LogP contribution in [0, 0.1) is 6.92 Å². The first-order chi connectivity index (χ1) is 13.4. The maximum atomic E-state index is 12.6. The number of fused-ring (bicyclic) bond motifs is 1. The van der Waals surface area contributed by atoms with Crippen LogP contribution in [0.2, 0.25) is 0 Å². The third-order valence-electron chi connectivity index (χ3n) is 4.60. The van der Waals surface area contributed by atoms with E-state index in [1.165, 1.54) is 4.90 Å². The van der Waals surface area contributed by atoms with Crippen molar-refractivity contribution in [2.75, 3.05) is 14.2 Å². The highest BCUT2D eigenvalue weighted by atomic mass is 16.6. The number of esters is 1. The van der Waals surface area contributed by atoms with E-state index in [0.717, 1.165) is 10.9 Å². The number of hydrogen-bond donors (Lipinski definition) is 0. The first-order valence-corrected chi connectivity index (χ1v) is 8.97. The fraction of sp³-hybridized carbons (Fsp3) is 0.273. The van der Waals surface area contributed by atoms with E-state index in [1.54, 1.807) is 46.2 Å². The summed E-state index contributed by atoms with van der Waals surface area (Å²) in [6.45, 7) is 3.77. The molecule has 1 atom stereocenters. The van der Waals surface area contributed by atoms with Crippen LogP contribution in [-0.2, 0) is 16.1 Å². The Bertz CT molecular complexity index is 993. The van der Waals surface area contributed by atoms with Gasteiger partial charge in [0, 0.05) is 24.5 Å². The highest BCUT2D eigenvalue weighted by molar-refractivity contribution is 5.97. The zero-order valence-corrected chi connectivity index (χ0v) is 16.4. The Morgan fingerprint density at radius 2 is 1.86 bits per heavy atom. The van der Waals surface area contributed by atoms with Crippen LogP contribution in [0.15, 0.2) is 52.9 Å². The van der Waals surface area contributed by atoms with Gasteiger partial charge in [-0.05, 0) is 37.6 Å². The van der Waals surface area contributed by atoms with Gasteiger partial charge in [0.1, 0.15) is 11.3 Å². The van der Waals surface area contributed by atoms with Crippen molar-refractivity contribution in [2.45, 2.75) is 26.5 Å². The molecular weight excluding hydrogens is 358 g/mol. The molecule has 0 fully saturated rings. The molecular formula is C22H23NO5.